The number of hydrogen-bond acceptors (Lipinski definition) is 7. The number of ether oxygens (including phenoxy) is 1. The molecule has 0 saturated carbocycles. The van der Waals surface area contributed by atoms with Crippen LogP contribution in [0.2, 0.25) is 0 Å². The minimum Gasteiger partial charge on any atom is -0.497 e. The van der Waals surface area contributed by atoms with Gasteiger partial charge in [-0.15, -0.1) is 5.10 Å². The van der Waals surface area contributed by atoms with Crippen LogP contribution in [0.25, 0.3) is 11.3 Å². The number of rotatable bonds is 5. The first kappa shape index (κ1) is 19.8. The van der Waals surface area contributed by atoms with Crippen LogP contribution in [0.4, 0.5) is 11.6 Å². The fraction of sp³-hybridized carbons (Fsp3) is 0.188. The Morgan fingerprint density at radius 3 is 2.50 bits per heavy atom. The Morgan fingerprint density at radius 1 is 1.19 bits per heavy atom. The topological polar surface area (TPSA) is 109 Å². The summed E-state index contributed by atoms with van der Waals surface area (Å²) < 4.78 is 5.29. The fourth-order valence-corrected chi connectivity index (χ4v) is 2.20. The van der Waals surface area contributed by atoms with Gasteiger partial charge >= 0.3 is 29.6 Å². The van der Waals surface area contributed by atoms with E-state index in [1.807, 2.05) is 43.3 Å². The Balaban J connectivity index is 0.00000243. The fourth-order valence-electron chi connectivity index (χ4n) is 2.20. The third-order valence-electron chi connectivity index (χ3n) is 3.52. The van der Waals surface area contributed by atoms with Gasteiger partial charge in [-0.2, -0.15) is 5.21 Å². The maximum atomic E-state index is 12.3. The minimum atomic E-state index is -0.452. The van der Waals surface area contributed by atoms with E-state index in [2.05, 4.69) is 30.9 Å². The number of benzene rings is 1. The van der Waals surface area contributed by atoms with Crippen LogP contribution in [-0.2, 0) is 0 Å². The zero-order valence-electron chi connectivity index (χ0n) is 15.0. The molecule has 0 radical (unpaired) electrons. The number of aromatic nitrogens is 5. The molecule has 0 aliphatic carbocycles. The van der Waals surface area contributed by atoms with Crippen LogP contribution in [0, 0.1) is 0 Å². The van der Waals surface area contributed by atoms with Crippen LogP contribution < -0.4 is 44.5 Å². The number of nitrogens with one attached hydrogen (secondary N) is 2. The van der Waals surface area contributed by atoms with E-state index in [1.165, 1.54) is 7.11 Å². The Bertz CT molecular complexity index is 867. The average Bonchev–Trinajstić information content (AvgIpc) is 3.14. The molecule has 3 rings (SSSR count). The molecular weight excluding hydrogens is 345 g/mol. The van der Waals surface area contributed by atoms with Crippen molar-refractivity contribution >= 4 is 17.5 Å². The van der Waals surface area contributed by atoms with Gasteiger partial charge in [0, 0.05) is 37.5 Å². The Hall–Kier alpha value is -2.49. The van der Waals surface area contributed by atoms with Crippen molar-refractivity contribution in [1.82, 2.24) is 25.6 Å². The van der Waals surface area contributed by atoms with Gasteiger partial charge in [0.15, 0.2) is 0 Å². The molecular formula is C16H17N7NaO2+. The third kappa shape index (κ3) is 4.57. The predicted molar refractivity (Wildman–Crippen MR) is 92.7 cm³/mol. The Kier molecular flexibility index (Phi) is 6.67. The second-order valence-corrected chi connectivity index (χ2v) is 5.41. The van der Waals surface area contributed by atoms with Crippen LogP contribution in [0.5, 0.6) is 5.75 Å². The quantitative estimate of drug-likeness (QED) is 0.537. The number of methoxy groups -OCH3 is 1. The summed E-state index contributed by atoms with van der Waals surface area (Å²) >= 11 is 0. The molecule has 2 N–H and O–H groups in total. The van der Waals surface area contributed by atoms with E-state index >= 15 is 0 Å². The summed E-state index contributed by atoms with van der Waals surface area (Å²) in [7, 11) is 5.48. The standard InChI is InChI=1S/C16H17N7O2.Na/c1-23(2)11-6-4-10(5-7-11)13-8-12(25-3)9-14(17-13)15(24)18-16-19-21-22-20-16;/h4-9H,1-3H3,(H2,18,19,20,21,22,24);/q;+1. The molecule has 0 bridgehead atoms. The zero-order valence-corrected chi connectivity index (χ0v) is 17.0. The van der Waals surface area contributed by atoms with Crippen molar-refractivity contribution in [3.05, 3.63) is 42.1 Å². The molecule has 0 atom stereocenters. The summed E-state index contributed by atoms with van der Waals surface area (Å²) in [6.07, 6.45) is 0. The van der Waals surface area contributed by atoms with E-state index in [9.17, 15) is 4.79 Å². The summed E-state index contributed by atoms with van der Waals surface area (Å²) in [6.45, 7) is 0. The molecule has 2 heterocycles. The predicted octanol–water partition coefficient (Wildman–Crippen LogP) is -1.41. The molecule has 0 fully saturated rings. The molecule has 3 aromatic rings. The van der Waals surface area contributed by atoms with Crippen molar-refractivity contribution in [2.75, 3.05) is 31.4 Å². The number of aromatic amines is 1. The number of pyridine rings is 1. The van der Waals surface area contributed by atoms with Crippen molar-refractivity contribution in [2.24, 2.45) is 0 Å². The second-order valence-electron chi connectivity index (χ2n) is 5.41. The average molecular weight is 362 g/mol. The summed E-state index contributed by atoms with van der Waals surface area (Å²) in [5, 5.41) is 15.5. The maximum Gasteiger partial charge on any atom is 1.00 e. The molecule has 0 aliphatic rings. The molecule has 9 nitrogen and oxygen atoms in total. The van der Waals surface area contributed by atoms with Crippen LogP contribution >= 0.6 is 0 Å². The van der Waals surface area contributed by atoms with E-state index in [0.717, 1.165) is 11.3 Å². The molecule has 1 aromatic carbocycles. The molecule has 0 spiro atoms. The SMILES string of the molecule is COc1cc(C(=O)Nc2nn[nH]n2)nc(-c2ccc(N(C)C)cc2)c1.[Na+]. The van der Waals surface area contributed by atoms with Gasteiger partial charge in [-0.05, 0) is 17.3 Å². The summed E-state index contributed by atoms with van der Waals surface area (Å²) in [5.74, 6) is 0.151. The van der Waals surface area contributed by atoms with Gasteiger partial charge in [0.05, 0.1) is 12.8 Å². The number of tetrazole rings is 1. The number of nitrogens with zero attached hydrogens (tertiary/aromatic N) is 5. The maximum absolute atomic E-state index is 12.3. The molecule has 0 aliphatic heterocycles. The minimum absolute atomic E-state index is 0. The molecule has 26 heavy (non-hydrogen) atoms. The first-order chi connectivity index (χ1) is 12.1. The van der Waals surface area contributed by atoms with Gasteiger partial charge in [-0.3, -0.25) is 10.1 Å². The molecule has 128 valence electrons. The smallest absolute Gasteiger partial charge is 0.497 e. The van der Waals surface area contributed by atoms with Crippen molar-refractivity contribution in [2.45, 2.75) is 0 Å². The van der Waals surface area contributed by atoms with Crippen molar-refractivity contribution < 1.29 is 39.1 Å². The summed E-state index contributed by atoms with van der Waals surface area (Å²) in [4.78, 5) is 18.8. The first-order valence-corrected chi connectivity index (χ1v) is 7.45. The van der Waals surface area contributed by atoms with Crippen LogP contribution in [0.15, 0.2) is 36.4 Å². The molecule has 0 unspecified atom stereocenters. The second kappa shape index (κ2) is 8.75. The molecule has 1 amide bonds. The van der Waals surface area contributed by atoms with E-state index < -0.39 is 5.91 Å². The first-order valence-electron chi connectivity index (χ1n) is 7.45. The van der Waals surface area contributed by atoms with Crippen molar-refractivity contribution in [1.29, 1.82) is 0 Å². The van der Waals surface area contributed by atoms with Crippen LogP contribution in [-0.4, -0.2) is 52.7 Å². The van der Waals surface area contributed by atoms with Gasteiger partial charge in [0.25, 0.3) is 11.9 Å². The Morgan fingerprint density at radius 2 is 1.92 bits per heavy atom. The Labute approximate surface area is 172 Å². The summed E-state index contributed by atoms with van der Waals surface area (Å²) in [5.41, 5.74) is 2.76. The number of carbonyl (C=O) groups is 1. The van der Waals surface area contributed by atoms with E-state index in [0.29, 0.717) is 11.4 Å². The number of carbonyl (C=O) groups excluding carboxylic acids is 1. The summed E-state index contributed by atoms with van der Waals surface area (Å²) in [6, 6.07) is 11.2. The van der Waals surface area contributed by atoms with Crippen LogP contribution in [0.3, 0.4) is 0 Å². The van der Waals surface area contributed by atoms with Crippen molar-refractivity contribution in [3.8, 4) is 17.0 Å². The molecule has 0 saturated heterocycles. The van der Waals surface area contributed by atoms with Gasteiger partial charge in [-0.1, -0.05) is 17.2 Å². The van der Waals surface area contributed by atoms with Gasteiger partial charge < -0.3 is 9.64 Å². The van der Waals surface area contributed by atoms with Crippen LogP contribution in [0.1, 0.15) is 10.5 Å². The van der Waals surface area contributed by atoms with E-state index in [4.69, 9.17) is 4.74 Å². The number of anilines is 2. The van der Waals surface area contributed by atoms with E-state index in [-0.39, 0.29) is 41.2 Å². The normalized spacial score (nSPS) is 9.96. The van der Waals surface area contributed by atoms with Gasteiger partial charge in [-0.25, -0.2) is 4.98 Å². The molecule has 2 aromatic heterocycles. The van der Waals surface area contributed by atoms with Gasteiger partial charge in [0.1, 0.15) is 11.4 Å². The number of hydrogen-bond donors (Lipinski definition) is 2. The molecule has 10 heteroatoms. The number of H-pyrrole nitrogens is 1. The monoisotopic (exact) mass is 362 g/mol. The largest absolute Gasteiger partial charge is 1.00 e. The zero-order chi connectivity index (χ0) is 17.8. The number of amides is 1. The van der Waals surface area contributed by atoms with Crippen molar-refractivity contribution in [3.63, 3.8) is 0 Å². The third-order valence-corrected chi connectivity index (χ3v) is 3.52. The van der Waals surface area contributed by atoms with Gasteiger partial charge in [0.2, 0.25) is 0 Å². The van der Waals surface area contributed by atoms with E-state index in [1.54, 1.807) is 12.1 Å².